The number of anilines is 1. The first-order valence-electron chi connectivity index (χ1n) is 6.40. The summed E-state index contributed by atoms with van der Waals surface area (Å²) in [6.45, 7) is 8.00. The summed E-state index contributed by atoms with van der Waals surface area (Å²) in [5.74, 6) is 0.442. The van der Waals surface area contributed by atoms with E-state index in [4.69, 9.17) is 0 Å². The molecule has 1 N–H and O–H groups in total. The zero-order valence-corrected chi connectivity index (χ0v) is 13.6. The maximum atomic E-state index is 12.5. The van der Waals surface area contributed by atoms with Gasteiger partial charge in [-0.1, -0.05) is 6.07 Å². The van der Waals surface area contributed by atoms with Gasteiger partial charge in [-0.05, 0) is 78.0 Å². The Bertz CT molecular complexity index is 637. The van der Waals surface area contributed by atoms with Crippen molar-refractivity contribution >= 4 is 27.7 Å². The number of hydrogen-bond donors (Lipinski definition) is 1. The number of nitrogens with zero attached hydrogens (tertiary/aromatic N) is 1. The summed E-state index contributed by atoms with van der Waals surface area (Å²) in [6.07, 6.45) is 1.66. The molecule has 0 bridgehead atoms. The number of rotatable bonds is 2. The predicted molar refractivity (Wildman–Crippen MR) is 85.3 cm³/mol. The lowest BCUT2D eigenvalue weighted by Crippen LogP contribution is -2.17. The van der Waals surface area contributed by atoms with Crippen molar-refractivity contribution in [1.82, 2.24) is 4.98 Å². The second kappa shape index (κ2) is 5.75. The fourth-order valence-corrected chi connectivity index (χ4v) is 2.42. The van der Waals surface area contributed by atoms with Crippen LogP contribution in [0.25, 0.3) is 0 Å². The average Bonchev–Trinajstić information content (AvgIpc) is 2.39. The molecule has 1 aromatic carbocycles. The van der Waals surface area contributed by atoms with Crippen molar-refractivity contribution in [3.05, 3.63) is 56.7 Å². The number of aromatic nitrogens is 1. The highest BCUT2D eigenvalue weighted by atomic mass is 79.9. The summed E-state index contributed by atoms with van der Waals surface area (Å²) in [4.78, 5) is 16.7. The molecular weight excluding hydrogens is 316 g/mol. The summed E-state index contributed by atoms with van der Waals surface area (Å²) in [5, 5.41) is 2.85. The first kappa shape index (κ1) is 14.7. The van der Waals surface area contributed by atoms with Crippen LogP contribution in [-0.4, -0.2) is 10.9 Å². The smallest absolute Gasteiger partial charge is 0.257 e. The number of halogens is 1. The van der Waals surface area contributed by atoms with Crippen molar-refractivity contribution in [3.8, 4) is 0 Å². The van der Waals surface area contributed by atoms with E-state index < -0.39 is 0 Å². The molecule has 0 aliphatic heterocycles. The third-order valence-electron chi connectivity index (χ3n) is 3.56. The van der Waals surface area contributed by atoms with Crippen LogP contribution in [0.1, 0.15) is 32.6 Å². The highest BCUT2D eigenvalue weighted by molar-refractivity contribution is 9.10. The molecule has 0 atom stereocenters. The van der Waals surface area contributed by atoms with Gasteiger partial charge in [0, 0.05) is 16.2 Å². The van der Waals surface area contributed by atoms with Crippen LogP contribution in [0.2, 0.25) is 0 Å². The van der Waals surface area contributed by atoms with Crippen molar-refractivity contribution in [2.45, 2.75) is 27.7 Å². The van der Waals surface area contributed by atoms with E-state index in [1.54, 1.807) is 12.3 Å². The van der Waals surface area contributed by atoms with E-state index in [0.29, 0.717) is 5.82 Å². The van der Waals surface area contributed by atoms with Gasteiger partial charge in [0.05, 0.1) is 0 Å². The van der Waals surface area contributed by atoms with Gasteiger partial charge in [-0.2, -0.15) is 0 Å². The topological polar surface area (TPSA) is 42.0 Å². The second-order valence-corrected chi connectivity index (χ2v) is 5.87. The number of amides is 1. The molecule has 0 aliphatic carbocycles. The monoisotopic (exact) mass is 332 g/mol. The van der Waals surface area contributed by atoms with Crippen molar-refractivity contribution in [1.29, 1.82) is 0 Å². The molecule has 20 heavy (non-hydrogen) atoms. The number of carbonyl (C=O) groups excluding carboxylic acids is 1. The standard InChI is InChI=1S/C16H17BrN2O/c1-9-7-10(2)12(4)15(11(9)3)16(20)19-14-6-5-13(17)8-18-14/h5-8H,1-4H3,(H,18,19,20). The minimum absolute atomic E-state index is 0.110. The Hall–Kier alpha value is -1.68. The Labute approximate surface area is 127 Å². The molecule has 3 nitrogen and oxygen atoms in total. The van der Waals surface area contributed by atoms with Gasteiger partial charge in [-0.3, -0.25) is 4.79 Å². The van der Waals surface area contributed by atoms with Crippen LogP contribution in [0.4, 0.5) is 5.82 Å². The highest BCUT2D eigenvalue weighted by Gasteiger charge is 2.16. The SMILES string of the molecule is Cc1cc(C)c(C)c(C(=O)Nc2ccc(Br)cn2)c1C. The zero-order valence-electron chi connectivity index (χ0n) is 12.0. The molecule has 0 aliphatic rings. The predicted octanol–water partition coefficient (Wildman–Crippen LogP) is 4.33. The van der Waals surface area contributed by atoms with Gasteiger partial charge < -0.3 is 5.32 Å². The Balaban J connectivity index is 2.37. The number of aryl methyl sites for hydroxylation is 2. The van der Waals surface area contributed by atoms with Crippen LogP contribution >= 0.6 is 15.9 Å². The van der Waals surface area contributed by atoms with Crippen LogP contribution in [0.15, 0.2) is 28.9 Å². The lowest BCUT2D eigenvalue weighted by atomic mass is 9.94. The fourth-order valence-electron chi connectivity index (χ4n) is 2.19. The number of nitrogens with one attached hydrogen (secondary N) is 1. The molecule has 0 fully saturated rings. The Morgan fingerprint density at radius 2 is 1.70 bits per heavy atom. The van der Waals surface area contributed by atoms with Gasteiger partial charge in [0.2, 0.25) is 0 Å². The van der Waals surface area contributed by atoms with Crippen molar-refractivity contribution in [2.24, 2.45) is 0 Å². The van der Waals surface area contributed by atoms with E-state index in [0.717, 1.165) is 32.3 Å². The molecule has 0 spiro atoms. The molecule has 1 heterocycles. The third-order valence-corrected chi connectivity index (χ3v) is 4.03. The third kappa shape index (κ3) is 2.90. The van der Waals surface area contributed by atoms with Gasteiger partial charge in [-0.25, -0.2) is 4.98 Å². The van der Waals surface area contributed by atoms with E-state index in [-0.39, 0.29) is 5.91 Å². The fraction of sp³-hybridized carbons (Fsp3) is 0.250. The summed E-state index contributed by atoms with van der Waals surface area (Å²) >= 11 is 3.32. The molecule has 0 unspecified atom stereocenters. The average molecular weight is 333 g/mol. The second-order valence-electron chi connectivity index (χ2n) is 4.95. The molecule has 0 saturated heterocycles. The Kier molecular flexibility index (Phi) is 4.23. The van der Waals surface area contributed by atoms with Crippen LogP contribution < -0.4 is 5.32 Å². The molecule has 2 aromatic rings. The lowest BCUT2D eigenvalue weighted by molar-refractivity contribution is 0.102. The van der Waals surface area contributed by atoms with Crippen molar-refractivity contribution < 1.29 is 4.79 Å². The molecule has 2 rings (SSSR count). The highest BCUT2D eigenvalue weighted by Crippen LogP contribution is 2.22. The van der Waals surface area contributed by atoms with Crippen LogP contribution in [0, 0.1) is 27.7 Å². The first-order chi connectivity index (χ1) is 9.40. The number of pyridine rings is 1. The normalized spacial score (nSPS) is 10.4. The molecule has 0 saturated carbocycles. The van der Waals surface area contributed by atoms with E-state index in [1.807, 2.05) is 33.8 Å². The number of hydrogen-bond acceptors (Lipinski definition) is 2. The van der Waals surface area contributed by atoms with Gasteiger partial charge >= 0.3 is 0 Å². The number of carbonyl (C=O) groups is 1. The van der Waals surface area contributed by atoms with Gasteiger partial charge in [0.1, 0.15) is 5.82 Å². The minimum atomic E-state index is -0.110. The van der Waals surface area contributed by atoms with Crippen molar-refractivity contribution in [2.75, 3.05) is 5.32 Å². The Morgan fingerprint density at radius 3 is 2.20 bits per heavy atom. The maximum absolute atomic E-state index is 12.5. The van der Waals surface area contributed by atoms with Gasteiger partial charge in [-0.15, -0.1) is 0 Å². The summed E-state index contributed by atoms with van der Waals surface area (Å²) in [7, 11) is 0. The Morgan fingerprint density at radius 1 is 1.10 bits per heavy atom. The van der Waals surface area contributed by atoms with E-state index in [2.05, 4.69) is 32.3 Å². The minimum Gasteiger partial charge on any atom is -0.307 e. The van der Waals surface area contributed by atoms with Gasteiger partial charge in [0.15, 0.2) is 0 Å². The molecule has 104 valence electrons. The first-order valence-corrected chi connectivity index (χ1v) is 7.19. The largest absolute Gasteiger partial charge is 0.307 e. The summed E-state index contributed by atoms with van der Waals surface area (Å²) < 4.78 is 0.884. The zero-order chi connectivity index (χ0) is 14.9. The van der Waals surface area contributed by atoms with Crippen LogP contribution in [-0.2, 0) is 0 Å². The number of benzene rings is 1. The quantitative estimate of drug-likeness (QED) is 0.889. The molecule has 1 amide bonds. The molecule has 4 heteroatoms. The van der Waals surface area contributed by atoms with Crippen LogP contribution in [0.3, 0.4) is 0 Å². The molecular formula is C16H17BrN2O. The molecule has 0 radical (unpaired) electrons. The maximum Gasteiger partial charge on any atom is 0.257 e. The van der Waals surface area contributed by atoms with E-state index in [1.165, 1.54) is 0 Å². The van der Waals surface area contributed by atoms with E-state index in [9.17, 15) is 4.79 Å². The molecule has 1 aromatic heterocycles. The van der Waals surface area contributed by atoms with E-state index >= 15 is 0 Å². The van der Waals surface area contributed by atoms with Crippen LogP contribution in [0.5, 0.6) is 0 Å². The van der Waals surface area contributed by atoms with Gasteiger partial charge in [0.25, 0.3) is 5.91 Å². The lowest BCUT2D eigenvalue weighted by Gasteiger charge is -2.14. The summed E-state index contributed by atoms with van der Waals surface area (Å²) in [6, 6.07) is 5.73. The van der Waals surface area contributed by atoms with Crippen molar-refractivity contribution in [3.63, 3.8) is 0 Å². The summed E-state index contributed by atoms with van der Waals surface area (Å²) in [5.41, 5.74) is 5.03.